The zero-order chi connectivity index (χ0) is 22.0. The van der Waals surface area contributed by atoms with Crippen LogP contribution in [0.5, 0.6) is 0 Å². The van der Waals surface area contributed by atoms with Crippen molar-refractivity contribution < 1.29 is 5.11 Å². The monoisotopic (exact) mass is 434 g/mol. The fraction of sp³-hybridized carbons (Fsp3) is 0.360. The van der Waals surface area contributed by atoms with Gasteiger partial charge in [-0.05, 0) is 74.3 Å². The summed E-state index contributed by atoms with van der Waals surface area (Å²) in [6.07, 6.45) is 3.48. The number of thiocarbonyl (C=S) groups is 1. The van der Waals surface area contributed by atoms with Crippen molar-refractivity contribution in [2.24, 2.45) is 0 Å². The maximum absolute atomic E-state index is 9.45. The smallest absolute Gasteiger partial charge is 0.170 e. The molecule has 3 heterocycles. The standard InChI is InChI=1S/C25H30N4OS/c1-4-19-10-5-6-12-22(19)29-17(2)16-20(18(29)3)24-23(21-11-7-8-13-26-21)27-25(31)28(24)14-9-15-30/h5-8,10-13,16,23-24,30H,4,9,14-15H2,1-3H3,(H,27,31). The van der Waals surface area contributed by atoms with E-state index in [0.29, 0.717) is 18.1 Å². The maximum Gasteiger partial charge on any atom is 0.170 e. The average Bonchev–Trinajstić information content (AvgIpc) is 3.27. The molecule has 3 aromatic rings. The van der Waals surface area contributed by atoms with Crippen molar-refractivity contribution in [1.82, 2.24) is 19.8 Å². The first-order chi connectivity index (χ1) is 15.1. The third kappa shape index (κ3) is 3.98. The number of aliphatic hydroxyl groups is 1. The van der Waals surface area contributed by atoms with Gasteiger partial charge in [0.1, 0.15) is 0 Å². The predicted octanol–water partition coefficient (Wildman–Crippen LogP) is 4.41. The first-order valence-electron chi connectivity index (χ1n) is 10.9. The Labute approximate surface area is 189 Å². The second-order valence-corrected chi connectivity index (χ2v) is 8.43. The van der Waals surface area contributed by atoms with E-state index in [1.807, 2.05) is 24.4 Å². The molecule has 1 fully saturated rings. The molecule has 4 rings (SSSR count). The number of nitrogens with one attached hydrogen (secondary N) is 1. The molecule has 5 nitrogen and oxygen atoms in total. The van der Waals surface area contributed by atoms with E-state index in [0.717, 1.165) is 12.1 Å². The van der Waals surface area contributed by atoms with Gasteiger partial charge in [-0.15, -0.1) is 0 Å². The summed E-state index contributed by atoms with van der Waals surface area (Å²) in [7, 11) is 0. The number of para-hydroxylation sites is 1. The zero-order valence-electron chi connectivity index (χ0n) is 18.4. The predicted molar refractivity (Wildman–Crippen MR) is 128 cm³/mol. The van der Waals surface area contributed by atoms with Gasteiger partial charge in [-0.3, -0.25) is 4.98 Å². The summed E-state index contributed by atoms with van der Waals surface area (Å²) in [5.74, 6) is 0. The van der Waals surface area contributed by atoms with Crippen molar-refractivity contribution >= 4 is 17.3 Å². The summed E-state index contributed by atoms with van der Waals surface area (Å²) in [5.41, 5.74) is 7.19. The molecule has 1 saturated heterocycles. The van der Waals surface area contributed by atoms with Crippen molar-refractivity contribution in [1.29, 1.82) is 0 Å². The van der Waals surface area contributed by atoms with Crippen LogP contribution in [0.25, 0.3) is 5.69 Å². The largest absolute Gasteiger partial charge is 0.396 e. The van der Waals surface area contributed by atoms with Crippen LogP contribution < -0.4 is 5.32 Å². The average molecular weight is 435 g/mol. The van der Waals surface area contributed by atoms with E-state index < -0.39 is 0 Å². The third-order valence-electron chi connectivity index (χ3n) is 6.16. The molecule has 162 valence electrons. The lowest BCUT2D eigenvalue weighted by Crippen LogP contribution is -2.31. The van der Waals surface area contributed by atoms with Gasteiger partial charge in [-0.25, -0.2) is 0 Å². The SMILES string of the molecule is CCc1ccccc1-n1c(C)cc(C2C(c3ccccn3)NC(=S)N2CCCO)c1C. The van der Waals surface area contributed by atoms with Crippen LogP contribution >= 0.6 is 12.2 Å². The van der Waals surface area contributed by atoms with E-state index in [4.69, 9.17) is 12.2 Å². The topological polar surface area (TPSA) is 53.3 Å². The number of hydrogen-bond acceptors (Lipinski definition) is 3. The van der Waals surface area contributed by atoms with Gasteiger partial charge in [0.25, 0.3) is 0 Å². The quantitative estimate of drug-likeness (QED) is 0.540. The minimum absolute atomic E-state index is 0.0164. The van der Waals surface area contributed by atoms with Gasteiger partial charge in [-0.1, -0.05) is 31.2 Å². The summed E-state index contributed by atoms with van der Waals surface area (Å²) in [6, 6.07) is 16.9. The Kier molecular flexibility index (Phi) is 6.39. The summed E-state index contributed by atoms with van der Waals surface area (Å²) < 4.78 is 2.36. The van der Waals surface area contributed by atoms with Crippen LogP contribution in [-0.2, 0) is 6.42 Å². The third-order valence-corrected chi connectivity index (χ3v) is 6.51. The number of hydrogen-bond donors (Lipinski definition) is 2. The van der Waals surface area contributed by atoms with E-state index >= 15 is 0 Å². The molecule has 1 aliphatic heterocycles. The normalized spacial score (nSPS) is 18.5. The van der Waals surface area contributed by atoms with E-state index in [1.54, 1.807) is 0 Å². The van der Waals surface area contributed by atoms with Crippen LogP contribution in [0.3, 0.4) is 0 Å². The van der Waals surface area contributed by atoms with Crippen LogP contribution in [0.2, 0.25) is 0 Å². The molecule has 1 aliphatic rings. The fourth-order valence-corrected chi connectivity index (χ4v) is 5.04. The van der Waals surface area contributed by atoms with E-state index in [9.17, 15) is 5.11 Å². The lowest BCUT2D eigenvalue weighted by atomic mass is 9.96. The molecule has 2 unspecified atom stereocenters. The Morgan fingerprint density at radius 1 is 1.13 bits per heavy atom. The molecule has 0 radical (unpaired) electrons. The Hall–Kier alpha value is -2.70. The van der Waals surface area contributed by atoms with Gasteiger partial charge in [0, 0.05) is 36.4 Å². The second kappa shape index (κ2) is 9.20. The second-order valence-electron chi connectivity index (χ2n) is 8.04. The first-order valence-corrected chi connectivity index (χ1v) is 11.3. The lowest BCUT2D eigenvalue weighted by molar-refractivity contribution is 0.247. The molecule has 6 heteroatoms. The first kappa shape index (κ1) is 21.5. The van der Waals surface area contributed by atoms with Gasteiger partial charge < -0.3 is 19.9 Å². The number of rotatable bonds is 7. The number of aryl methyl sites for hydroxylation is 2. The lowest BCUT2D eigenvalue weighted by Gasteiger charge is -2.28. The minimum Gasteiger partial charge on any atom is -0.396 e. The maximum atomic E-state index is 9.45. The van der Waals surface area contributed by atoms with Crippen molar-refractivity contribution in [3.63, 3.8) is 0 Å². The minimum atomic E-state index is -0.0391. The fourth-order valence-electron chi connectivity index (χ4n) is 4.71. The molecule has 2 N–H and O–H groups in total. The summed E-state index contributed by atoms with van der Waals surface area (Å²) in [4.78, 5) is 6.84. The highest BCUT2D eigenvalue weighted by atomic mass is 32.1. The molecule has 0 bridgehead atoms. The Morgan fingerprint density at radius 3 is 2.61 bits per heavy atom. The molecule has 0 spiro atoms. The Bertz CT molecular complexity index is 1060. The van der Waals surface area contributed by atoms with Gasteiger partial charge in [0.15, 0.2) is 5.11 Å². The van der Waals surface area contributed by atoms with E-state index in [2.05, 4.69) is 70.9 Å². The number of benzene rings is 1. The molecule has 31 heavy (non-hydrogen) atoms. The number of pyridine rings is 1. The molecular formula is C25H30N4OS. The number of aromatic nitrogens is 2. The van der Waals surface area contributed by atoms with Gasteiger partial charge in [0.2, 0.25) is 0 Å². The van der Waals surface area contributed by atoms with Gasteiger partial charge in [-0.2, -0.15) is 0 Å². The molecule has 0 aliphatic carbocycles. The molecule has 0 saturated carbocycles. The summed E-state index contributed by atoms with van der Waals surface area (Å²) in [6.45, 7) is 7.39. The van der Waals surface area contributed by atoms with E-state index in [-0.39, 0.29) is 18.7 Å². The highest BCUT2D eigenvalue weighted by Gasteiger charge is 2.41. The summed E-state index contributed by atoms with van der Waals surface area (Å²) >= 11 is 5.72. The van der Waals surface area contributed by atoms with Crippen LogP contribution in [0, 0.1) is 13.8 Å². The summed E-state index contributed by atoms with van der Waals surface area (Å²) in [5, 5.41) is 13.7. The van der Waals surface area contributed by atoms with Crippen molar-refractivity contribution in [2.45, 2.75) is 45.7 Å². The molecular weight excluding hydrogens is 404 g/mol. The Morgan fingerprint density at radius 2 is 1.90 bits per heavy atom. The van der Waals surface area contributed by atoms with Crippen LogP contribution in [-0.4, -0.2) is 37.8 Å². The highest BCUT2D eigenvalue weighted by Crippen LogP contribution is 2.41. The van der Waals surface area contributed by atoms with Crippen molar-refractivity contribution in [3.05, 3.63) is 82.9 Å². The van der Waals surface area contributed by atoms with Gasteiger partial charge >= 0.3 is 0 Å². The zero-order valence-corrected chi connectivity index (χ0v) is 19.2. The Balaban J connectivity index is 1.83. The van der Waals surface area contributed by atoms with Crippen LogP contribution in [0.1, 0.15) is 53.6 Å². The molecule has 2 atom stereocenters. The van der Waals surface area contributed by atoms with Crippen LogP contribution in [0.4, 0.5) is 0 Å². The van der Waals surface area contributed by atoms with Gasteiger partial charge in [0.05, 0.1) is 17.8 Å². The van der Waals surface area contributed by atoms with Crippen LogP contribution in [0.15, 0.2) is 54.7 Å². The van der Waals surface area contributed by atoms with Crippen molar-refractivity contribution in [2.75, 3.05) is 13.2 Å². The molecule has 1 aromatic carbocycles. The van der Waals surface area contributed by atoms with E-state index in [1.165, 1.54) is 28.2 Å². The number of aliphatic hydroxyl groups excluding tert-OH is 1. The molecule has 0 amide bonds. The molecule has 2 aromatic heterocycles. The highest BCUT2D eigenvalue weighted by molar-refractivity contribution is 7.80. The number of nitrogens with zero attached hydrogens (tertiary/aromatic N) is 3. The van der Waals surface area contributed by atoms with Crippen molar-refractivity contribution in [3.8, 4) is 5.69 Å².